The van der Waals surface area contributed by atoms with Crippen LogP contribution in [0.2, 0.25) is 5.02 Å². The number of anilines is 1. The number of pyridine rings is 1. The smallest absolute Gasteiger partial charge is 0.301 e. The van der Waals surface area contributed by atoms with Gasteiger partial charge in [-0.1, -0.05) is 65.0 Å². The molecule has 1 unspecified atom stereocenters. The van der Waals surface area contributed by atoms with Crippen LogP contribution in [0, 0.1) is 5.82 Å². The van der Waals surface area contributed by atoms with Gasteiger partial charge in [0, 0.05) is 34.3 Å². The van der Waals surface area contributed by atoms with Gasteiger partial charge in [0.15, 0.2) is 4.34 Å². The number of benzene rings is 2. The van der Waals surface area contributed by atoms with Crippen LogP contribution in [0.4, 0.5) is 9.52 Å². The van der Waals surface area contributed by atoms with Crippen LogP contribution in [0.3, 0.4) is 0 Å². The van der Waals surface area contributed by atoms with Gasteiger partial charge in [-0.25, -0.2) is 4.39 Å². The molecular weight excluding hydrogens is 523 g/mol. The maximum Gasteiger partial charge on any atom is 0.301 e. The monoisotopic (exact) mass is 538 g/mol. The van der Waals surface area contributed by atoms with Crippen molar-refractivity contribution in [3.05, 3.63) is 106 Å². The molecule has 0 bridgehead atoms. The molecule has 1 N–H and O–H groups in total. The van der Waals surface area contributed by atoms with E-state index >= 15 is 0 Å². The van der Waals surface area contributed by atoms with E-state index in [9.17, 15) is 19.1 Å². The van der Waals surface area contributed by atoms with Crippen molar-refractivity contribution in [2.24, 2.45) is 0 Å². The highest BCUT2D eigenvalue weighted by Crippen LogP contribution is 2.44. The Morgan fingerprint density at radius 1 is 1.06 bits per heavy atom. The van der Waals surface area contributed by atoms with Gasteiger partial charge in [-0.05, 0) is 35.9 Å². The number of hydrogen-bond acceptors (Lipinski definition) is 8. The first-order chi connectivity index (χ1) is 17.4. The van der Waals surface area contributed by atoms with Crippen molar-refractivity contribution in [2.75, 3.05) is 4.90 Å². The summed E-state index contributed by atoms with van der Waals surface area (Å²) in [6, 6.07) is 14.9. The summed E-state index contributed by atoms with van der Waals surface area (Å²) in [6.07, 6.45) is 2.89. The van der Waals surface area contributed by atoms with Gasteiger partial charge in [-0.15, -0.1) is 10.2 Å². The van der Waals surface area contributed by atoms with Crippen molar-refractivity contribution in [1.29, 1.82) is 0 Å². The van der Waals surface area contributed by atoms with E-state index in [2.05, 4.69) is 15.2 Å². The van der Waals surface area contributed by atoms with E-state index in [4.69, 9.17) is 11.6 Å². The molecule has 1 aliphatic heterocycles. The number of hydrogen-bond donors (Lipinski definition) is 1. The number of aliphatic hydroxyl groups excluding tert-OH is 1. The molecule has 5 rings (SSSR count). The Kier molecular flexibility index (Phi) is 6.82. The highest BCUT2D eigenvalue weighted by molar-refractivity contribution is 8.00. The van der Waals surface area contributed by atoms with Gasteiger partial charge in [0.1, 0.15) is 17.6 Å². The van der Waals surface area contributed by atoms with E-state index in [1.54, 1.807) is 18.2 Å². The molecule has 2 aromatic carbocycles. The maximum atomic E-state index is 15.0. The van der Waals surface area contributed by atoms with Crippen molar-refractivity contribution in [3.63, 3.8) is 0 Å². The summed E-state index contributed by atoms with van der Waals surface area (Å²) in [6.45, 7) is 0. The molecule has 0 saturated carbocycles. The summed E-state index contributed by atoms with van der Waals surface area (Å²) in [5.74, 6) is -2.33. The van der Waals surface area contributed by atoms with Crippen LogP contribution < -0.4 is 4.90 Å². The molecule has 36 heavy (non-hydrogen) atoms. The van der Waals surface area contributed by atoms with Crippen molar-refractivity contribution in [1.82, 2.24) is 15.2 Å². The highest BCUT2D eigenvalue weighted by Gasteiger charge is 2.49. The predicted octanol–water partition coefficient (Wildman–Crippen LogP) is 5.64. The number of Topliss-reactive ketones (excluding diaryl/α,β-unsaturated/α-hetero) is 1. The zero-order chi connectivity index (χ0) is 25.2. The van der Waals surface area contributed by atoms with E-state index in [1.807, 2.05) is 12.1 Å². The summed E-state index contributed by atoms with van der Waals surface area (Å²) in [5.41, 5.74) is 1.12. The Bertz CT molecular complexity index is 1480. The number of ketones is 1. The molecule has 1 fully saturated rings. The molecule has 2 aromatic heterocycles. The third kappa shape index (κ3) is 4.62. The number of halogens is 2. The summed E-state index contributed by atoms with van der Waals surface area (Å²) in [4.78, 5) is 31.3. The molecule has 1 atom stereocenters. The molecule has 0 spiro atoms. The Morgan fingerprint density at radius 2 is 1.78 bits per heavy atom. The van der Waals surface area contributed by atoms with Gasteiger partial charge >= 0.3 is 5.91 Å². The Hall–Kier alpha value is -3.60. The molecule has 4 aromatic rings. The van der Waals surface area contributed by atoms with E-state index < -0.39 is 29.3 Å². The summed E-state index contributed by atoms with van der Waals surface area (Å²) in [7, 11) is 0. The summed E-state index contributed by atoms with van der Waals surface area (Å²) in [5, 5.41) is 20.0. The van der Waals surface area contributed by atoms with Crippen LogP contribution >= 0.6 is 34.7 Å². The zero-order valence-corrected chi connectivity index (χ0v) is 20.7. The Morgan fingerprint density at radius 3 is 2.50 bits per heavy atom. The third-order valence-corrected chi connectivity index (χ3v) is 7.85. The van der Waals surface area contributed by atoms with Crippen LogP contribution in [0.5, 0.6) is 0 Å². The van der Waals surface area contributed by atoms with Crippen LogP contribution in [0.25, 0.3) is 5.76 Å². The molecule has 1 amide bonds. The molecule has 1 saturated heterocycles. The van der Waals surface area contributed by atoms with Gasteiger partial charge in [0.2, 0.25) is 5.13 Å². The second kappa shape index (κ2) is 10.2. The number of nitrogens with zero attached hydrogens (tertiary/aromatic N) is 4. The van der Waals surface area contributed by atoms with Gasteiger partial charge < -0.3 is 5.11 Å². The molecule has 1 aliphatic rings. The molecule has 0 aliphatic carbocycles. The fourth-order valence-electron chi connectivity index (χ4n) is 3.77. The van der Waals surface area contributed by atoms with Crippen molar-refractivity contribution in [2.45, 2.75) is 16.1 Å². The molecular formula is C25H16ClFN4O3S2. The molecule has 180 valence electrons. The van der Waals surface area contributed by atoms with Crippen LogP contribution in [0.1, 0.15) is 22.7 Å². The average molecular weight is 539 g/mol. The number of aliphatic hydroxyl groups is 1. The minimum Gasteiger partial charge on any atom is -0.507 e. The first kappa shape index (κ1) is 24.1. The number of aromatic nitrogens is 3. The van der Waals surface area contributed by atoms with Crippen LogP contribution in [-0.2, 0) is 15.3 Å². The number of amides is 1. The van der Waals surface area contributed by atoms with Gasteiger partial charge in [-0.2, -0.15) is 0 Å². The third-order valence-electron chi connectivity index (χ3n) is 5.48. The van der Waals surface area contributed by atoms with E-state index in [0.717, 1.165) is 21.8 Å². The molecule has 0 radical (unpaired) electrons. The van der Waals surface area contributed by atoms with Crippen molar-refractivity contribution in [3.8, 4) is 0 Å². The van der Waals surface area contributed by atoms with Gasteiger partial charge in [0.05, 0.1) is 5.57 Å². The van der Waals surface area contributed by atoms with Crippen molar-refractivity contribution < 1.29 is 19.1 Å². The normalized spacial score (nSPS) is 17.1. The minimum absolute atomic E-state index is 0.0536. The Labute approximate surface area is 218 Å². The second-order valence-electron chi connectivity index (χ2n) is 7.69. The number of carbonyl (C=O) groups excluding carboxylic acids is 2. The fraction of sp³-hybridized carbons (Fsp3) is 0.0800. The number of rotatable bonds is 6. The lowest BCUT2D eigenvalue weighted by Gasteiger charge is -2.22. The fourth-order valence-corrected chi connectivity index (χ4v) is 5.72. The van der Waals surface area contributed by atoms with Crippen molar-refractivity contribution >= 4 is 57.3 Å². The zero-order valence-electron chi connectivity index (χ0n) is 18.3. The summed E-state index contributed by atoms with van der Waals surface area (Å²) >= 11 is 8.44. The Balaban J connectivity index is 1.54. The van der Waals surface area contributed by atoms with Gasteiger partial charge in [0.25, 0.3) is 5.78 Å². The number of thioether (sulfide) groups is 1. The average Bonchev–Trinajstić information content (AvgIpc) is 3.46. The first-order valence-corrected chi connectivity index (χ1v) is 12.8. The predicted molar refractivity (Wildman–Crippen MR) is 136 cm³/mol. The molecule has 7 nitrogen and oxygen atoms in total. The highest BCUT2D eigenvalue weighted by atomic mass is 35.5. The van der Waals surface area contributed by atoms with E-state index in [-0.39, 0.29) is 21.8 Å². The van der Waals surface area contributed by atoms with E-state index in [0.29, 0.717) is 15.1 Å². The minimum atomic E-state index is -1.22. The number of carbonyl (C=O) groups is 2. The summed E-state index contributed by atoms with van der Waals surface area (Å²) < 4.78 is 15.5. The van der Waals surface area contributed by atoms with Gasteiger partial charge in [-0.3, -0.25) is 19.5 Å². The maximum absolute atomic E-state index is 15.0. The standard InChI is InChI=1S/C25H16ClFN4O3S2/c26-16-7-5-14(6-8-16)13-35-25-30-29-24(36-25)31-20(17-3-1-2-4-18(17)27)19(22(33)23(31)34)21(32)15-9-11-28-12-10-15/h1-12,20,32H,13H2/b21-19+. The lowest BCUT2D eigenvalue weighted by molar-refractivity contribution is -0.132. The first-order valence-electron chi connectivity index (χ1n) is 10.6. The largest absolute Gasteiger partial charge is 0.507 e. The topological polar surface area (TPSA) is 96.3 Å². The second-order valence-corrected chi connectivity index (χ2v) is 10.3. The SMILES string of the molecule is O=C1C(=O)N(c2nnc(SCc3ccc(Cl)cc3)s2)C(c2ccccc2F)/C1=C(\O)c1ccncc1. The lowest BCUT2D eigenvalue weighted by atomic mass is 9.95. The van der Waals surface area contributed by atoms with Crippen LogP contribution in [-0.4, -0.2) is 32.0 Å². The van der Waals surface area contributed by atoms with Crippen LogP contribution in [0.15, 0.2) is 83.0 Å². The van der Waals surface area contributed by atoms with E-state index in [1.165, 1.54) is 54.5 Å². The molecule has 11 heteroatoms. The lowest BCUT2D eigenvalue weighted by Crippen LogP contribution is -2.29. The quantitative estimate of drug-likeness (QED) is 0.111. The molecule has 3 heterocycles.